The fourth-order valence-corrected chi connectivity index (χ4v) is 3.35. The van der Waals surface area contributed by atoms with Gasteiger partial charge in [0.15, 0.2) is 0 Å². The number of ether oxygens (including phenoxy) is 1. The van der Waals surface area contributed by atoms with E-state index in [4.69, 9.17) is 22.1 Å². The zero-order valence-corrected chi connectivity index (χ0v) is 13.7. The lowest BCUT2D eigenvalue weighted by Crippen LogP contribution is -2.35. The molecular formula is C17H24ClNO2. The van der Waals surface area contributed by atoms with E-state index in [1.165, 1.54) is 6.42 Å². The molecule has 0 aliphatic heterocycles. The fourth-order valence-electron chi connectivity index (χ4n) is 3.15. The number of hydrogen-bond donors (Lipinski definition) is 1. The number of carbonyl (C=O) groups excluding carboxylic acids is 1. The van der Waals surface area contributed by atoms with Crippen LogP contribution in [0.2, 0.25) is 5.02 Å². The summed E-state index contributed by atoms with van der Waals surface area (Å²) in [6.07, 6.45) is 3.21. The van der Waals surface area contributed by atoms with E-state index in [9.17, 15) is 4.79 Å². The molecule has 1 aromatic carbocycles. The third kappa shape index (κ3) is 3.91. The summed E-state index contributed by atoms with van der Waals surface area (Å²) in [6, 6.07) is 4.90. The van der Waals surface area contributed by atoms with E-state index in [2.05, 4.69) is 20.8 Å². The van der Waals surface area contributed by atoms with E-state index in [-0.39, 0.29) is 12.1 Å². The predicted octanol–water partition coefficient (Wildman–Crippen LogP) is 4.54. The third-order valence-electron chi connectivity index (χ3n) is 4.43. The van der Waals surface area contributed by atoms with Gasteiger partial charge < -0.3 is 10.5 Å². The maximum absolute atomic E-state index is 12.4. The van der Waals surface area contributed by atoms with Gasteiger partial charge in [0, 0.05) is 5.69 Å². The van der Waals surface area contributed by atoms with Crippen LogP contribution in [0.15, 0.2) is 18.2 Å². The summed E-state index contributed by atoms with van der Waals surface area (Å²) in [5, 5.41) is 0.388. The maximum atomic E-state index is 12.4. The minimum absolute atomic E-state index is 0.0289. The molecule has 116 valence electrons. The molecule has 0 heterocycles. The van der Waals surface area contributed by atoms with Gasteiger partial charge in [0.1, 0.15) is 6.10 Å². The van der Waals surface area contributed by atoms with Crippen molar-refractivity contribution in [2.24, 2.45) is 17.8 Å². The van der Waals surface area contributed by atoms with E-state index >= 15 is 0 Å². The monoisotopic (exact) mass is 309 g/mol. The first kappa shape index (κ1) is 16.2. The second-order valence-electron chi connectivity index (χ2n) is 6.51. The number of esters is 1. The van der Waals surface area contributed by atoms with Crippen LogP contribution in [0.4, 0.5) is 5.69 Å². The Morgan fingerprint density at radius 1 is 1.38 bits per heavy atom. The van der Waals surface area contributed by atoms with Crippen molar-refractivity contribution in [1.82, 2.24) is 0 Å². The molecule has 1 aromatic rings. The molecule has 2 N–H and O–H groups in total. The van der Waals surface area contributed by atoms with Crippen LogP contribution in [0.5, 0.6) is 0 Å². The number of carbonyl (C=O) groups is 1. The number of hydrogen-bond acceptors (Lipinski definition) is 3. The number of rotatable bonds is 3. The van der Waals surface area contributed by atoms with Crippen molar-refractivity contribution >= 4 is 23.3 Å². The van der Waals surface area contributed by atoms with Gasteiger partial charge in [-0.15, -0.1) is 0 Å². The van der Waals surface area contributed by atoms with Crippen LogP contribution in [-0.2, 0) is 4.74 Å². The SMILES string of the molecule is CC1CCC(C(C)C)C(OC(=O)c2cc(N)ccc2Cl)C1. The number of anilines is 1. The summed E-state index contributed by atoms with van der Waals surface area (Å²) >= 11 is 6.08. The van der Waals surface area contributed by atoms with Crippen LogP contribution in [-0.4, -0.2) is 12.1 Å². The predicted molar refractivity (Wildman–Crippen MR) is 86.4 cm³/mol. The van der Waals surface area contributed by atoms with Crippen LogP contribution in [0.1, 0.15) is 50.4 Å². The first-order valence-electron chi connectivity index (χ1n) is 7.64. The zero-order chi connectivity index (χ0) is 15.6. The Labute approximate surface area is 131 Å². The second kappa shape index (κ2) is 6.69. The molecule has 0 aromatic heterocycles. The largest absolute Gasteiger partial charge is 0.458 e. The molecule has 0 saturated heterocycles. The Hall–Kier alpha value is -1.22. The van der Waals surface area contributed by atoms with Gasteiger partial charge in [-0.25, -0.2) is 4.79 Å². The van der Waals surface area contributed by atoms with Crippen molar-refractivity contribution in [2.45, 2.75) is 46.1 Å². The molecule has 21 heavy (non-hydrogen) atoms. The Bertz CT molecular complexity index is 516. The van der Waals surface area contributed by atoms with Crippen molar-refractivity contribution in [3.05, 3.63) is 28.8 Å². The first-order chi connectivity index (χ1) is 9.88. The third-order valence-corrected chi connectivity index (χ3v) is 4.76. The lowest BCUT2D eigenvalue weighted by atomic mass is 9.75. The number of nitrogen functional groups attached to an aromatic ring is 1. The Morgan fingerprint density at radius 3 is 2.76 bits per heavy atom. The quantitative estimate of drug-likeness (QED) is 0.658. The Kier molecular flexibility index (Phi) is 5.15. The molecule has 0 spiro atoms. The lowest BCUT2D eigenvalue weighted by molar-refractivity contribution is -0.0173. The molecule has 0 bridgehead atoms. The van der Waals surface area contributed by atoms with Crippen molar-refractivity contribution in [2.75, 3.05) is 5.73 Å². The average molecular weight is 310 g/mol. The zero-order valence-electron chi connectivity index (χ0n) is 12.9. The Morgan fingerprint density at radius 2 is 2.10 bits per heavy atom. The first-order valence-corrected chi connectivity index (χ1v) is 8.02. The minimum Gasteiger partial charge on any atom is -0.458 e. The van der Waals surface area contributed by atoms with Gasteiger partial charge in [-0.05, 0) is 48.8 Å². The summed E-state index contributed by atoms with van der Waals surface area (Å²) in [5.74, 6) is 1.16. The van der Waals surface area contributed by atoms with Crippen molar-refractivity contribution in [3.8, 4) is 0 Å². The van der Waals surface area contributed by atoms with E-state index in [1.807, 2.05) is 0 Å². The summed E-state index contributed by atoms with van der Waals surface area (Å²) in [4.78, 5) is 12.4. The number of nitrogens with two attached hydrogens (primary N) is 1. The van der Waals surface area contributed by atoms with E-state index in [0.717, 1.165) is 12.8 Å². The van der Waals surface area contributed by atoms with Crippen molar-refractivity contribution in [3.63, 3.8) is 0 Å². The molecule has 3 unspecified atom stereocenters. The molecule has 1 fully saturated rings. The van der Waals surface area contributed by atoms with Crippen LogP contribution in [0.25, 0.3) is 0 Å². The van der Waals surface area contributed by atoms with Gasteiger partial charge in [0.05, 0.1) is 10.6 Å². The standard InChI is InChI=1S/C17H24ClNO2/c1-10(2)13-6-4-11(3)8-16(13)21-17(20)14-9-12(19)5-7-15(14)18/h5,7,9-11,13,16H,4,6,8,19H2,1-3H3. The van der Waals surface area contributed by atoms with Gasteiger partial charge in [-0.2, -0.15) is 0 Å². The van der Waals surface area contributed by atoms with Gasteiger partial charge in [0.25, 0.3) is 0 Å². The highest BCUT2D eigenvalue weighted by Crippen LogP contribution is 2.36. The highest BCUT2D eigenvalue weighted by Gasteiger charge is 2.33. The van der Waals surface area contributed by atoms with Gasteiger partial charge in [-0.1, -0.05) is 38.8 Å². The summed E-state index contributed by atoms with van der Waals surface area (Å²) in [7, 11) is 0. The number of benzene rings is 1. The van der Waals surface area contributed by atoms with Gasteiger partial charge in [-0.3, -0.25) is 0 Å². The second-order valence-corrected chi connectivity index (χ2v) is 6.92. The molecule has 1 aliphatic rings. The van der Waals surface area contributed by atoms with E-state index in [1.54, 1.807) is 18.2 Å². The van der Waals surface area contributed by atoms with Crippen LogP contribution in [0, 0.1) is 17.8 Å². The minimum atomic E-state index is -0.364. The van der Waals surface area contributed by atoms with Gasteiger partial charge in [0.2, 0.25) is 0 Å². The topological polar surface area (TPSA) is 52.3 Å². The molecule has 1 saturated carbocycles. The normalized spacial score (nSPS) is 25.9. The van der Waals surface area contributed by atoms with Crippen LogP contribution in [0.3, 0.4) is 0 Å². The molecule has 0 amide bonds. The fraction of sp³-hybridized carbons (Fsp3) is 0.588. The summed E-state index contributed by atoms with van der Waals surface area (Å²) < 4.78 is 5.78. The smallest absolute Gasteiger partial charge is 0.340 e. The molecule has 1 aliphatic carbocycles. The van der Waals surface area contributed by atoms with Gasteiger partial charge >= 0.3 is 5.97 Å². The van der Waals surface area contributed by atoms with E-state index < -0.39 is 0 Å². The molecule has 4 heteroatoms. The van der Waals surface area contributed by atoms with Crippen molar-refractivity contribution in [1.29, 1.82) is 0 Å². The van der Waals surface area contributed by atoms with E-state index in [0.29, 0.717) is 34.0 Å². The lowest BCUT2D eigenvalue weighted by Gasteiger charge is -2.36. The average Bonchev–Trinajstić information content (AvgIpc) is 2.41. The molecule has 2 rings (SSSR count). The maximum Gasteiger partial charge on any atom is 0.340 e. The van der Waals surface area contributed by atoms with Crippen LogP contribution < -0.4 is 5.73 Å². The van der Waals surface area contributed by atoms with Crippen molar-refractivity contribution < 1.29 is 9.53 Å². The molecule has 3 atom stereocenters. The highest BCUT2D eigenvalue weighted by atomic mass is 35.5. The summed E-state index contributed by atoms with van der Waals surface area (Å²) in [5.41, 5.74) is 6.61. The number of halogens is 1. The highest BCUT2D eigenvalue weighted by molar-refractivity contribution is 6.33. The Balaban J connectivity index is 2.14. The molecule has 3 nitrogen and oxygen atoms in total. The molecular weight excluding hydrogens is 286 g/mol. The van der Waals surface area contributed by atoms with Crippen LogP contribution >= 0.6 is 11.6 Å². The summed E-state index contributed by atoms with van der Waals surface area (Å²) in [6.45, 7) is 6.59. The molecule has 0 radical (unpaired) electrons.